The van der Waals surface area contributed by atoms with Gasteiger partial charge in [0.1, 0.15) is 11.2 Å². The molecule has 26 heavy (non-hydrogen) atoms. The number of carboxylic acid groups (broad SMARTS) is 1. The summed E-state index contributed by atoms with van der Waals surface area (Å²) in [7, 11) is 0. The van der Waals surface area contributed by atoms with Gasteiger partial charge < -0.3 is 15.2 Å². The van der Waals surface area contributed by atoms with Crippen molar-refractivity contribution < 1.29 is 19.4 Å². The molecule has 3 rings (SSSR count). The lowest BCUT2D eigenvalue weighted by molar-refractivity contribution is 0.0696. The van der Waals surface area contributed by atoms with Crippen molar-refractivity contribution in [3.8, 4) is 5.88 Å². The largest absolute Gasteiger partial charge is 0.478 e. The van der Waals surface area contributed by atoms with Crippen LogP contribution < -0.4 is 10.1 Å². The minimum atomic E-state index is -1.17. The summed E-state index contributed by atoms with van der Waals surface area (Å²) in [4.78, 5) is 33.3. The number of carbonyl (C=O) groups is 2. The monoisotopic (exact) mass is 391 g/mol. The average molecular weight is 392 g/mol. The van der Waals surface area contributed by atoms with Crippen LogP contribution in [0.1, 0.15) is 32.5 Å². The number of carboxylic acids is 1. The fourth-order valence-corrected chi connectivity index (χ4v) is 3.69. The number of anilines is 1. The Bertz CT molecular complexity index is 1020. The van der Waals surface area contributed by atoms with E-state index < -0.39 is 5.97 Å². The highest BCUT2D eigenvalue weighted by molar-refractivity contribution is 7.20. The van der Waals surface area contributed by atoms with Crippen LogP contribution in [-0.2, 0) is 0 Å². The number of rotatable bonds is 5. The third-order valence-electron chi connectivity index (χ3n) is 3.63. The van der Waals surface area contributed by atoms with E-state index in [2.05, 4.69) is 15.3 Å². The minimum Gasteiger partial charge on any atom is -0.478 e. The smallest absolute Gasteiger partial charge is 0.337 e. The lowest BCUT2D eigenvalue weighted by Gasteiger charge is -2.07. The summed E-state index contributed by atoms with van der Waals surface area (Å²) in [5.41, 5.74) is 0.964. The van der Waals surface area contributed by atoms with Crippen molar-refractivity contribution in [1.82, 2.24) is 9.97 Å². The van der Waals surface area contributed by atoms with Crippen LogP contribution in [0.25, 0.3) is 10.2 Å². The van der Waals surface area contributed by atoms with Crippen molar-refractivity contribution in [2.45, 2.75) is 13.8 Å². The summed E-state index contributed by atoms with van der Waals surface area (Å²) in [6.07, 6.45) is 1.39. The van der Waals surface area contributed by atoms with Crippen molar-refractivity contribution in [3.63, 3.8) is 0 Å². The maximum absolute atomic E-state index is 12.7. The van der Waals surface area contributed by atoms with Gasteiger partial charge in [-0.1, -0.05) is 11.6 Å². The van der Waals surface area contributed by atoms with Gasteiger partial charge in [-0.15, -0.1) is 11.3 Å². The lowest BCUT2D eigenvalue weighted by atomic mass is 10.2. The third-order valence-corrected chi connectivity index (χ3v) is 5.16. The number of ether oxygens (including phenoxy) is 1. The molecule has 0 aliphatic rings. The van der Waals surface area contributed by atoms with Crippen LogP contribution in [0.2, 0.25) is 5.02 Å². The van der Waals surface area contributed by atoms with Crippen molar-refractivity contribution >= 4 is 50.7 Å². The molecule has 1 aromatic carbocycles. The number of aromatic nitrogens is 2. The number of amides is 1. The molecule has 0 spiro atoms. The van der Waals surface area contributed by atoms with E-state index in [4.69, 9.17) is 21.4 Å². The second-order valence-corrected chi connectivity index (χ2v) is 6.71. The van der Waals surface area contributed by atoms with Crippen LogP contribution in [-0.4, -0.2) is 33.6 Å². The lowest BCUT2D eigenvalue weighted by Crippen LogP contribution is -2.12. The van der Waals surface area contributed by atoms with Gasteiger partial charge in [0, 0.05) is 5.69 Å². The van der Waals surface area contributed by atoms with E-state index >= 15 is 0 Å². The molecule has 0 saturated heterocycles. The van der Waals surface area contributed by atoms with Crippen molar-refractivity contribution in [2.24, 2.45) is 0 Å². The van der Waals surface area contributed by atoms with Crippen LogP contribution in [0.4, 0.5) is 5.69 Å². The van der Waals surface area contributed by atoms with Crippen LogP contribution >= 0.6 is 22.9 Å². The maximum atomic E-state index is 12.7. The van der Waals surface area contributed by atoms with Gasteiger partial charge in [0.25, 0.3) is 5.91 Å². The number of nitrogens with zero attached hydrogens (tertiary/aromatic N) is 2. The zero-order chi connectivity index (χ0) is 18.8. The van der Waals surface area contributed by atoms with Gasteiger partial charge in [0.05, 0.1) is 27.5 Å². The third kappa shape index (κ3) is 3.33. The summed E-state index contributed by atoms with van der Waals surface area (Å²) in [6.45, 7) is 4.10. The van der Waals surface area contributed by atoms with Gasteiger partial charge in [0.2, 0.25) is 5.88 Å². The molecule has 3 aromatic rings. The zero-order valence-electron chi connectivity index (χ0n) is 13.9. The maximum Gasteiger partial charge on any atom is 0.337 e. The Morgan fingerprint density at radius 3 is 2.81 bits per heavy atom. The van der Waals surface area contributed by atoms with Gasteiger partial charge in [-0.2, -0.15) is 0 Å². The van der Waals surface area contributed by atoms with E-state index in [1.807, 2.05) is 6.92 Å². The van der Waals surface area contributed by atoms with E-state index in [1.165, 1.54) is 29.8 Å². The Morgan fingerprint density at radius 1 is 1.35 bits per heavy atom. The first kappa shape index (κ1) is 18.1. The van der Waals surface area contributed by atoms with Gasteiger partial charge in [-0.25, -0.2) is 14.8 Å². The fraction of sp³-hybridized carbons (Fsp3) is 0.176. The Hall–Kier alpha value is -2.71. The first-order chi connectivity index (χ1) is 12.4. The quantitative estimate of drug-likeness (QED) is 0.681. The standard InChI is InChI=1S/C17H14ClN3O4S/c1-3-25-15-12-8(2)13(26-16(12)20-7-19-15)14(22)21-9-4-5-11(18)10(6-9)17(23)24/h4-7H,3H2,1-2H3,(H,21,22)(H,23,24). The number of aromatic carboxylic acids is 1. The number of hydrogen-bond donors (Lipinski definition) is 2. The molecule has 0 bridgehead atoms. The molecule has 2 aromatic heterocycles. The molecule has 0 radical (unpaired) electrons. The highest BCUT2D eigenvalue weighted by Crippen LogP contribution is 2.34. The first-order valence-electron chi connectivity index (χ1n) is 7.63. The number of thiophene rings is 1. The number of aryl methyl sites for hydroxylation is 1. The van der Waals surface area contributed by atoms with Crippen molar-refractivity contribution in [2.75, 3.05) is 11.9 Å². The summed E-state index contributed by atoms with van der Waals surface area (Å²) < 4.78 is 5.51. The predicted octanol–water partition coefficient (Wildman–Crippen LogP) is 4.00. The SMILES string of the molecule is CCOc1ncnc2sc(C(=O)Nc3ccc(Cl)c(C(=O)O)c3)c(C)c12. The molecule has 134 valence electrons. The summed E-state index contributed by atoms with van der Waals surface area (Å²) in [5, 5.41) is 12.6. The normalized spacial score (nSPS) is 10.7. The van der Waals surface area contributed by atoms with Crippen LogP contribution in [0.15, 0.2) is 24.5 Å². The molecule has 0 fully saturated rings. The summed E-state index contributed by atoms with van der Waals surface area (Å²) in [6, 6.07) is 4.29. The number of hydrogen-bond acceptors (Lipinski definition) is 6. The highest BCUT2D eigenvalue weighted by Gasteiger charge is 2.20. The molecule has 1 amide bonds. The molecular formula is C17H14ClN3O4S. The molecule has 0 saturated carbocycles. The van der Waals surface area contributed by atoms with Crippen molar-refractivity contribution in [1.29, 1.82) is 0 Å². The van der Waals surface area contributed by atoms with Crippen LogP contribution in [0.3, 0.4) is 0 Å². The molecule has 2 heterocycles. The van der Waals surface area contributed by atoms with Gasteiger partial charge in [-0.3, -0.25) is 4.79 Å². The topological polar surface area (TPSA) is 101 Å². The fourth-order valence-electron chi connectivity index (χ4n) is 2.46. The Balaban J connectivity index is 1.96. The summed E-state index contributed by atoms with van der Waals surface area (Å²) >= 11 is 7.07. The molecule has 9 heteroatoms. The molecule has 0 unspecified atom stereocenters. The molecule has 2 N–H and O–H groups in total. The van der Waals surface area contributed by atoms with E-state index in [9.17, 15) is 9.59 Å². The number of benzene rings is 1. The van der Waals surface area contributed by atoms with Crippen LogP contribution in [0, 0.1) is 6.92 Å². The van der Waals surface area contributed by atoms with Gasteiger partial charge in [-0.05, 0) is 37.6 Å². The molecular weight excluding hydrogens is 378 g/mol. The molecule has 0 aliphatic heterocycles. The van der Waals surface area contributed by atoms with Gasteiger partial charge >= 0.3 is 5.97 Å². The molecule has 7 nitrogen and oxygen atoms in total. The predicted molar refractivity (Wildman–Crippen MR) is 99.7 cm³/mol. The number of halogens is 1. The molecule has 0 atom stereocenters. The Kier molecular flexibility index (Phi) is 5.06. The Morgan fingerprint density at radius 2 is 2.12 bits per heavy atom. The second-order valence-electron chi connectivity index (χ2n) is 5.30. The van der Waals surface area contributed by atoms with E-state index in [0.29, 0.717) is 38.8 Å². The zero-order valence-corrected chi connectivity index (χ0v) is 15.4. The molecule has 0 aliphatic carbocycles. The first-order valence-corrected chi connectivity index (χ1v) is 8.83. The van der Waals surface area contributed by atoms with E-state index in [1.54, 1.807) is 13.0 Å². The van der Waals surface area contributed by atoms with Gasteiger partial charge in [0.15, 0.2) is 0 Å². The van der Waals surface area contributed by atoms with Crippen LogP contribution in [0.5, 0.6) is 5.88 Å². The average Bonchev–Trinajstić information content (AvgIpc) is 2.94. The summed E-state index contributed by atoms with van der Waals surface area (Å²) in [5.74, 6) is -1.10. The highest BCUT2D eigenvalue weighted by atomic mass is 35.5. The second kappa shape index (κ2) is 7.27. The Labute approximate surface area is 157 Å². The van der Waals surface area contributed by atoms with Crippen molar-refractivity contribution in [3.05, 3.63) is 45.6 Å². The van der Waals surface area contributed by atoms with E-state index in [-0.39, 0.29) is 16.5 Å². The number of fused-ring (bicyclic) bond motifs is 1. The number of carbonyl (C=O) groups excluding carboxylic acids is 1. The minimum absolute atomic E-state index is 0.0815. The van der Waals surface area contributed by atoms with E-state index in [0.717, 1.165) is 0 Å². The number of nitrogens with one attached hydrogen (secondary N) is 1.